The van der Waals surface area contributed by atoms with Gasteiger partial charge in [-0.3, -0.25) is 16.3 Å². The van der Waals surface area contributed by atoms with Crippen molar-refractivity contribution in [2.75, 3.05) is 14.2 Å². The van der Waals surface area contributed by atoms with E-state index in [0.717, 1.165) is 35.6 Å². The van der Waals surface area contributed by atoms with Crippen LogP contribution < -0.4 is 20.7 Å². The van der Waals surface area contributed by atoms with E-state index in [1.165, 1.54) is 0 Å². The molecule has 0 aliphatic carbocycles. The lowest BCUT2D eigenvalue weighted by atomic mass is 10.00. The zero-order valence-electron chi connectivity index (χ0n) is 12.4. The summed E-state index contributed by atoms with van der Waals surface area (Å²) in [6, 6.07) is 11.6. The van der Waals surface area contributed by atoms with E-state index in [1.807, 2.05) is 36.4 Å². The average Bonchev–Trinajstić information content (AvgIpc) is 2.56. The summed E-state index contributed by atoms with van der Waals surface area (Å²) in [6.45, 7) is 0. The van der Waals surface area contributed by atoms with Crippen LogP contribution in [0.2, 0.25) is 0 Å². The van der Waals surface area contributed by atoms with Crippen LogP contribution in [0.1, 0.15) is 23.7 Å². The molecule has 2 rings (SSSR count). The molecular weight excluding hydrogens is 266 g/mol. The van der Waals surface area contributed by atoms with Gasteiger partial charge < -0.3 is 9.47 Å². The van der Waals surface area contributed by atoms with Gasteiger partial charge in [-0.05, 0) is 43.2 Å². The molecule has 1 atom stereocenters. The van der Waals surface area contributed by atoms with Gasteiger partial charge in [-0.1, -0.05) is 6.07 Å². The summed E-state index contributed by atoms with van der Waals surface area (Å²) in [7, 11) is 3.29. The van der Waals surface area contributed by atoms with Gasteiger partial charge >= 0.3 is 0 Å². The molecule has 0 saturated carbocycles. The minimum absolute atomic E-state index is 0.0305. The summed E-state index contributed by atoms with van der Waals surface area (Å²) in [6.07, 6.45) is 3.44. The summed E-state index contributed by atoms with van der Waals surface area (Å²) in [4.78, 5) is 4.33. The number of aryl methyl sites for hydroxylation is 1. The Labute approximate surface area is 125 Å². The maximum absolute atomic E-state index is 5.72. The second kappa shape index (κ2) is 7.61. The number of nitrogens with one attached hydrogen (secondary N) is 1. The lowest BCUT2D eigenvalue weighted by Gasteiger charge is -2.19. The van der Waals surface area contributed by atoms with Gasteiger partial charge in [0.2, 0.25) is 0 Å². The van der Waals surface area contributed by atoms with E-state index in [-0.39, 0.29) is 6.04 Å². The lowest BCUT2D eigenvalue weighted by molar-refractivity contribution is 0.386. The van der Waals surface area contributed by atoms with Gasteiger partial charge in [-0.15, -0.1) is 0 Å². The van der Waals surface area contributed by atoms with Crippen LogP contribution in [0.5, 0.6) is 11.5 Å². The topological polar surface area (TPSA) is 69.4 Å². The minimum Gasteiger partial charge on any atom is -0.497 e. The summed E-state index contributed by atoms with van der Waals surface area (Å²) in [5, 5.41) is 0. The molecule has 3 N–H and O–H groups in total. The first-order valence-electron chi connectivity index (χ1n) is 6.86. The fraction of sp³-hybridized carbons (Fsp3) is 0.312. The molecule has 0 aliphatic heterocycles. The maximum atomic E-state index is 5.72. The van der Waals surface area contributed by atoms with Crippen molar-refractivity contribution in [2.24, 2.45) is 5.84 Å². The number of rotatable bonds is 7. The summed E-state index contributed by atoms with van der Waals surface area (Å²) in [5.41, 5.74) is 4.87. The molecule has 0 bridgehead atoms. The number of nitrogens with zero attached hydrogens (tertiary/aromatic N) is 1. The number of methoxy groups -OCH3 is 2. The largest absolute Gasteiger partial charge is 0.497 e. The Morgan fingerprint density at radius 2 is 2.05 bits per heavy atom. The number of aromatic nitrogens is 1. The van der Waals surface area contributed by atoms with Gasteiger partial charge in [0.1, 0.15) is 11.5 Å². The lowest BCUT2D eigenvalue weighted by Crippen LogP contribution is -2.28. The van der Waals surface area contributed by atoms with Crippen LogP contribution in [0.4, 0.5) is 0 Å². The van der Waals surface area contributed by atoms with Crippen LogP contribution in [-0.4, -0.2) is 19.2 Å². The predicted octanol–water partition coefficient (Wildman–Crippen LogP) is 2.24. The van der Waals surface area contributed by atoms with Crippen LogP contribution >= 0.6 is 0 Å². The molecule has 0 amide bonds. The molecule has 0 radical (unpaired) electrons. The Bertz CT molecular complexity index is 561. The smallest absolute Gasteiger partial charge is 0.123 e. The van der Waals surface area contributed by atoms with E-state index in [2.05, 4.69) is 10.4 Å². The van der Waals surface area contributed by atoms with Crippen LogP contribution in [0.25, 0.3) is 0 Å². The first-order valence-corrected chi connectivity index (χ1v) is 6.86. The van der Waals surface area contributed by atoms with Gasteiger partial charge in [-0.2, -0.15) is 0 Å². The molecule has 1 heterocycles. The number of pyridine rings is 1. The zero-order valence-corrected chi connectivity index (χ0v) is 12.4. The quantitative estimate of drug-likeness (QED) is 0.604. The molecule has 5 heteroatoms. The number of hydrazine groups is 1. The van der Waals surface area contributed by atoms with Crippen LogP contribution in [0, 0.1) is 0 Å². The second-order valence-corrected chi connectivity index (χ2v) is 4.69. The molecule has 0 saturated heterocycles. The van der Waals surface area contributed by atoms with Crippen LogP contribution in [-0.2, 0) is 6.42 Å². The Morgan fingerprint density at radius 1 is 1.19 bits per heavy atom. The van der Waals surface area contributed by atoms with Gasteiger partial charge in [-0.25, -0.2) is 0 Å². The van der Waals surface area contributed by atoms with Crippen LogP contribution in [0.15, 0.2) is 42.6 Å². The molecule has 0 aliphatic rings. The van der Waals surface area contributed by atoms with E-state index in [9.17, 15) is 0 Å². The van der Waals surface area contributed by atoms with Gasteiger partial charge in [0.25, 0.3) is 0 Å². The molecule has 1 aromatic heterocycles. The van der Waals surface area contributed by atoms with Gasteiger partial charge in [0.05, 0.1) is 20.3 Å². The fourth-order valence-electron chi connectivity index (χ4n) is 2.28. The van der Waals surface area contributed by atoms with Crippen molar-refractivity contribution in [3.8, 4) is 11.5 Å². The van der Waals surface area contributed by atoms with E-state index in [0.29, 0.717) is 0 Å². The second-order valence-electron chi connectivity index (χ2n) is 4.69. The summed E-state index contributed by atoms with van der Waals surface area (Å²) in [5.74, 6) is 7.29. The standard InChI is InChI=1S/C16H21N3O2/c1-20-13-7-9-16(21-2)14(11-13)15(19-17)8-6-12-5-3-4-10-18-12/h3-5,7,9-11,15,19H,6,8,17H2,1-2H3. The van der Waals surface area contributed by atoms with Crippen molar-refractivity contribution < 1.29 is 9.47 Å². The third kappa shape index (κ3) is 3.93. The zero-order chi connectivity index (χ0) is 15.1. The first kappa shape index (κ1) is 15.3. The highest BCUT2D eigenvalue weighted by molar-refractivity contribution is 5.42. The van der Waals surface area contributed by atoms with Gasteiger partial charge in [0.15, 0.2) is 0 Å². The highest BCUT2D eigenvalue weighted by Crippen LogP contribution is 2.31. The number of nitrogens with two attached hydrogens (primary N) is 1. The summed E-state index contributed by atoms with van der Waals surface area (Å²) >= 11 is 0. The highest BCUT2D eigenvalue weighted by Gasteiger charge is 2.16. The minimum atomic E-state index is -0.0305. The molecule has 21 heavy (non-hydrogen) atoms. The third-order valence-electron chi connectivity index (χ3n) is 3.43. The van der Waals surface area contributed by atoms with Crippen molar-refractivity contribution in [3.05, 3.63) is 53.9 Å². The molecule has 5 nitrogen and oxygen atoms in total. The monoisotopic (exact) mass is 287 g/mol. The molecule has 1 aromatic carbocycles. The number of ether oxygens (including phenoxy) is 2. The molecule has 0 spiro atoms. The van der Waals surface area contributed by atoms with Crippen LogP contribution in [0.3, 0.4) is 0 Å². The Morgan fingerprint density at radius 3 is 2.67 bits per heavy atom. The van der Waals surface area contributed by atoms with Crippen molar-refractivity contribution in [1.82, 2.24) is 10.4 Å². The normalized spacial score (nSPS) is 12.0. The Balaban J connectivity index is 2.16. The van der Waals surface area contributed by atoms with E-state index in [1.54, 1.807) is 20.4 Å². The van der Waals surface area contributed by atoms with E-state index in [4.69, 9.17) is 15.3 Å². The number of hydrogen-bond acceptors (Lipinski definition) is 5. The van der Waals surface area contributed by atoms with E-state index < -0.39 is 0 Å². The van der Waals surface area contributed by atoms with Crippen molar-refractivity contribution in [3.63, 3.8) is 0 Å². The fourth-order valence-corrected chi connectivity index (χ4v) is 2.28. The van der Waals surface area contributed by atoms with Crippen molar-refractivity contribution in [1.29, 1.82) is 0 Å². The Hall–Kier alpha value is -2.11. The third-order valence-corrected chi connectivity index (χ3v) is 3.43. The predicted molar refractivity (Wildman–Crippen MR) is 82.2 cm³/mol. The number of benzene rings is 1. The average molecular weight is 287 g/mol. The molecule has 2 aromatic rings. The first-order chi connectivity index (χ1) is 10.3. The van der Waals surface area contributed by atoms with Gasteiger partial charge in [0, 0.05) is 17.5 Å². The maximum Gasteiger partial charge on any atom is 0.123 e. The number of hydrogen-bond donors (Lipinski definition) is 2. The van der Waals surface area contributed by atoms with E-state index >= 15 is 0 Å². The molecule has 1 unspecified atom stereocenters. The molecular formula is C16H21N3O2. The molecule has 112 valence electrons. The SMILES string of the molecule is COc1ccc(OC)c(C(CCc2ccccn2)NN)c1. The Kier molecular flexibility index (Phi) is 5.54. The summed E-state index contributed by atoms with van der Waals surface area (Å²) < 4.78 is 10.7. The van der Waals surface area contributed by atoms with Crippen molar-refractivity contribution in [2.45, 2.75) is 18.9 Å². The van der Waals surface area contributed by atoms with Crippen molar-refractivity contribution >= 4 is 0 Å². The molecule has 0 fully saturated rings. The highest BCUT2D eigenvalue weighted by atomic mass is 16.5.